The van der Waals surface area contributed by atoms with Crippen molar-refractivity contribution in [2.24, 2.45) is 0 Å². The summed E-state index contributed by atoms with van der Waals surface area (Å²) in [5, 5.41) is 0. The molecule has 0 amide bonds. The van der Waals surface area contributed by atoms with Gasteiger partial charge in [-0.2, -0.15) is 13.2 Å². The van der Waals surface area contributed by atoms with Gasteiger partial charge in [0.25, 0.3) is 0 Å². The predicted octanol–water partition coefficient (Wildman–Crippen LogP) is 3.18. The van der Waals surface area contributed by atoms with Gasteiger partial charge in [-0.15, -0.1) is 0 Å². The number of benzene rings is 1. The lowest BCUT2D eigenvalue weighted by Crippen LogP contribution is -2.38. The largest absolute Gasteiger partial charge is 0.401 e. The number of rotatable bonds is 4. The molecule has 1 aromatic rings. The topological polar surface area (TPSA) is 29.3 Å². The standard InChI is InChI=1S/C12H16F4N2/c1-8(2)18(7-12(14,15)16)6-9-3-4-11(17)10(13)5-9/h3-5,8H,6-7,17H2,1-2H3. The molecule has 0 aliphatic heterocycles. The summed E-state index contributed by atoms with van der Waals surface area (Å²) in [7, 11) is 0. The fourth-order valence-electron chi connectivity index (χ4n) is 1.55. The molecule has 0 aromatic heterocycles. The van der Waals surface area contributed by atoms with Crippen molar-refractivity contribution in [1.82, 2.24) is 4.90 Å². The second-order valence-corrected chi connectivity index (χ2v) is 4.47. The van der Waals surface area contributed by atoms with Crippen molar-refractivity contribution in [3.05, 3.63) is 29.6 Å². The smallest absolute Gasteiger partial charge is 0.396 e. The van der Waals surface area contributed by atoms with Gasteiger partial charge in [-0.05, 0) is 31.5 Å². The Morgan fingerprint density at radius 3 is 2.33 bits per heavy atom. The van der Waals surface area contributed by atoms with E-state index < -0.39 is 18.5 Å². The number of hydrogen-bond donors (Lipinski definition) is 1. The minimum absolute atomic E-state index is 0.00864. The van der Waals surface area contributed by atoms with Gasteiger partial charge in [-0.3, -0.25) is 4.90 Å². The lowest BCUT2D eigenvalue weighted by Gasteiger charge is -2.27. The molecule has 0 atom stereocenters. The van der Waals surface area contributed by atoms with Crippen LogP contribution in [0.2, 0.25) is 0 Å². The molecule has 1 rings (SSSR count). The molecule has 0 saturated heterocycles. The van der Waals surface area contributed by atoms with Crippen molar-refractivity contribution < 1.29 is 17.6 Å². The molecule has 0 heterocycles. The molecule has 0 fully saturated rings. The molecule has 0 radical (unpaired) electrons. The van der Waals surface area contributed by atoms with Gasteiger partial charge in [0.1, 0.15) is 5.82 Å². The molecule has 0 unspecified atom stereocenters. The Bertz CT molecular complexity index is 402. The zero-order chi connectivity index (χ0) is 13.9. The van der Waals surface area contributed by atoms with E-state index >= 15 is 0 Å². The molecule has 18 heavy (non-hydrogen) atoms. The molecule has 0 aliphatic rings. The Hall–Kier alpha value is -1.30. The fourth-order valence-corrected chi connectivity index (χ4v) is 1.55. The summed E-state index contributed by atoms with van der Waals surface area (Å²) in [4.78, 5) is 1.23. The number of nitrogens with two attached hydrogens (primary N) is 1. The maximum absolute atomic E-state index is 13.2. The van der Waals surface area contributed by atoms with E-state index in [1.807, 2.05) is 0 Å². The van der Waals surface area contributed by atoms with E-state index in [0.29, 0.717) is 5.56 Å². The third-order valence-corrected chi connectivity index (χ3v) is 2.56. The summed E-state index contributed by atoms with van der Waals surface area (Å²) < 4.78 is 50.3. The Balaban J connectivity index is 2.80. The highest BCUT2D eigenvalue weighted by Crippen LogP contribution is 2.21. The molecule has 6 heteroatoms. The fraction of sp³-hybridized carbons (Fsp3) is 0.500. The number of halogens is 4. The molecule has 102 valence electrons. The minimum Gasteiger partial charge on any atom is -0.396 e. The molecule has 0 aliphatic carbocycles. The van der Waals surface area contributed by atoms with E-state index in [4.69, 9.17) is 5.73 Å². The van der Waals surface area contributed by atoms with Crippen LogP contribution in [0.1, 0.15) is 19.4 Å². The first-order valence-electron chi connectivity index (χ1n) is 5.54. The molecular weight excluding hydrogens is 248 g/mol. The Labute approximate surface area is 103 Å². The van der Waals surface area contributed by atoms with Crippen LogP contribution in [-0.2, 0) is 6.54 Å². The van der Waals surface area contributed by atoms with E-state index in [9.17, 15) is 17.6 Å². The maximum Gasteiger partial charge on any atom is 0.401 e. The molecule has 2 nitrogen and oxygen atoms in total. The first-order valence-corrected chi connectivity index (χ1v) is 5.54. The van der Waals surface area contributed by atoms with Gasteiger partial charge in [0.05, 0.1) is 12.2 Å². The molecule has 0 spiro atoms. The number of alkyl halides is 3. The van der Waals surface area contributed by atoms with Crippen LogP contribution < -0.4 is 5.73 Å². The number of nitrogens with zero attached hydrogens (tertiary/aromatic N) is 1. The van der Waals surface area contributed by atoms with Crippen LogP contribution in [0.3, 0.4) is 0 Å². The Morgan fingerprint density at radius 1 is 1.28 bits per heavy atom. The Kier molecular flexibility index (Phi) is 4.56. The van der Waals surface area contributed by atoms with Crippen molar-refractivity contribution in [3.63, 3.8) is 0 Å². The van der Waals surface area contributed by atoms with Gasteiger partial charge < -0.3 is 5.73 Å². The van der Waals surface area contributed by atoms with Crippen molar-refractivity contribution in [1.29, 1.82) is 0 Å². The van der Waals surface area contributed by atoms with E-state index in [1.54, 1.807) is 13.8 Å². The normalized spacial score (nSPS) is 12.4. The molecular formula is C12H16F4N2. The van der Waals surface area contributed by atoms with E-state index in [-0.39, 0.29) is 18.3 Å². The molecule has 2 N–H and O–H groups in total. The summed E-state index contributed by atoms with van der Waals surface area (Å²) >= 11 is 0. The van der Waals surface area contributed by atoms with Gasteiger partial charge in [-0.25, -0.2) is 4.39 Å². The third kappa shape index (κ3) is 4.52. The SMILES string of the molecule is CC(C)N(Cc1ccc(N)c(F)c1)CC(F)(F)F. The highest BCUT2D eigenvalue weighted by Gasteiger charge is 2.31. The average Bonchev–Trinajstić information content (AvgIpc) is 2.20. The van der Waals surface area contributed by atoms with Crippen LogP contribution in [0, 0.1) is 5.82 Å². The summed E-state index contributed by atoms with van der Waals surface area (Å²) in [6.45, 7) is 2.35. The van der Waals surface area contributed by atoms with Crippen molar-refractivity contribution in [3.8, 4) is 0 Å². The lowest BCUT2D eigenvalue weighted by molar-refractivity contribution is -0.150. The quantitative estimate of drug-likeness (QED) is 0.668. The molecule has 0 saturated carbocycles. The van der Waals surface area contributed by atoms with Crippen molar-refractivity contribution in [2.75, 3.05) is 12.3 Å². The predicted molar refractivity (Wildman–Crippen MR) is 62.4 cm³/mol. The molecule has 0 bridgehead atoms. The number of nitrogen functional groups attached to an aromatic ring is 1. The zero-order valence-electron chi connectivity index (χ0n) is 10.3. The van der Waals surface area contributed by atoms with E-state index in [2.05, 4.69) is 0 Å². The number of anilines is 1. The van der Waals surface area contributed by atoms with Crippen LogP contribution >= 0.6 is 0 Å². The first-order chi connectivity index (χ1) is 8.19. The van der Waals surface area contributed by atoms with Crippen molar-refractivity contribution in [2.45, 2.75) is 32.6 Å². The second kappa shape index (κ2) is 5.56. The van der Waals surface area contributed by atoms with Gasteiger partial charge in [-0.1, -0.05) is 6.07 Å². The van der Waals surface area contributed by atoms with Gasteiger partial charge in [0, 0.05) is 12.6 Å². The summed E-state index contributed by atoms with van der Waals surface area (Å²) in [5.41, 5.74) is 5.78. The first kappa shape index (κ1) is 14.8. The van der Waals surface area contributed by atoms with Crippen LogP contribution in [0.5, 0.6) is 0 Å². The van der Waals surface area contributed by atoms with Crippen LogP contribution in [0.15, 0.2) is 18.2 Å². The maximum atomic E-state index is 13.2. The number of hydrogen-bond acceptors (Lipinski definition) is 2. The van der Waals surface area contributed by atoms with Crippen LogP contribution in [-0.4, -0.2) is 23.7 Å². The van der Waals surface area contributed by atoms with E-state index in [0.717, 1.165) is 0 Å². The van der Waals surface area contributed by atoms with Gasteiger partial charge >= 0.3 is 6.18 Å². The lowest BCUT2D eigenvalue weighted by atomic mass is 10.1. The highest BCUT2D eigenvalue weighted by molar-refractivity contribution is 5.41. The summed E-state index contributed by atoms with van der Waals surface area (Å²) in [5.74, 6) is -0.608. The van der Waals surface area contributed by atoms with Crippen LogP contribution in [0.4, 0.5) is 23.2 Å². The Morgan fingerprint density at radius 2 is 1.89 bits per heavy atom. The highest BCUT2D eigenvalue weighted by atomic mass is 19.4. The van der Waals surface area contributed by atoms with Crippen molar-refractivity contribution >= 4 is 5.69 Å². The third-order valence-electron chi connectivity index (χ3n) is 2.56. The summed E-state index contributed by atoms with van der Waals surface area (Å²) in [6.07, 6.45) is -4.27. The molecule has 1 aromatic carbocycles. The summed E-state index contributed by atoms with van der Waals surface area (Å²) in [6, 6.07) is 3.77. The zero-order valence-corrected chi connectivity index (χ0v) is 10.3. The monoisotopic (exact) mass is 264 g/mol. The van der Waals surface area contributed by atoms with E-state index in [1.165, 1.54) is 23.1 Å². The second-order valence-electron chi connectivity index (χ2n) is 4.47. The van der Waals surface area contributed by atoms with Gasteiger partial charge in [0.2, 0.25) is 0 Å². The average molecular weight is 264 g/mol. The van der Waals surface area contributed by atoms with Gasteiger partial charge in [0.15, 0.2) is 0 Å². The minimum atomic E-state index is -4.27. The van der Waals surface area contributed by atoms with Crippen LogP contribution in [0.25, 0.3) is 0 Å².